The van der Waals surface area contributed by atoms with Gasteiger partial charge in [0.25, 0.3) is 11.8 Å². The summed E-state index contributed by atoms with van der Waals surface area (Å²) in [6.45, 7) is 1.25. The minimum atomic E-state index is -0.117. The van der Waals surface area contributed by atoms with Crippen molar-refractivity contribution in [3.63, 3.8) is 0 Å². The number of pyridine rings is 1. The average Bonchev–Trinajstić information content (AvgIpc) is 3.22. The fraction of sp³-hybridized carbons (Fsp3) is 0.273. The van der Waals surface area contributed by atoms with Gasteiger partial charge in [0.05, 0.1) is 11.8 Å². The van der Waals surface area contributed by atoms with Gasteiger partial charge < -0.3 is 10.2 Å². The van der Waals surface area contributed by atoms with Crippen LogP contribution in [0.15, 0.2) is 71.0 Å². The molecule has 0 radical (unpaired) electrons. The Bertz CT molecular complexity index is 1010. The van der Waals surface area contributed by atoms with Gasteiger partial charge in [-0.05, 0) is 49.2 Å². The van der Waals surface area contributed by atoms with Crippen LogP contribution in [0.3, 0.4) is 0 Å². The maximum absolute atomic E-state index is 12.8. The second-order valence-electron chi connectivity index (χ2n) is 7.24. The van der Waals surface area contributed by atoms with Crippen LogP contribution in [0.25, 0.3) is 0 Å². The van der Waals surface area contributed by atoms with Crippen LogP contribution in [0.4, 0.5) is 0 Å². The van der Waals surface area contributed by atoms with E-state index in [9.17, 15) is 9.59 Å². The van der Waals surface area contributed by atoms with E-state index in [1.807, 2.05) is 47.4 Å². The highest BCUT2D eigenvalue weighted by Crippen LogP contribution is 2.26. The number of carbonyl (C=O) groups excluding carboxylic acids is 2. The third kappa shape index (κ3) is 4.88. The van der Waals surface area contributed by atoms with Crippen molar-refractivity contribution in [3.8, 4) is 0 Å². The van der Waals surface area contributed by atoms with Crippen molar-refractivity contribution in [2.24, 2.45) is 7.05 Å². The summed E-state index contributed by atoms with van der Waals surface area (Å²) in [5.41, 5.74) is 1.23. The molecule has 7 nitrogen and oxygen atoms in total. The van der Waals surface area contributed by atoms with Crippen LogP contribution in [0, 0.1) is 0 Å². The Labute approximate surface area is 179 Å². The average molecular weight is 422 g/mol. The standard InChI is InChI=1S/C22H23N5O2S/c1-26-15-17(14-24-26)21(28)25-18-9-12-27(13-10-18)22(29)16-5-7-19(8-6-16)30-20-4-2-3-11-23-20/h2-8,11,14-15,18H,9-10,12-13H2,1H3,(H,25,28). The van der Waals surface area contributed by atoms with E-state index in [4.69, 9.17) is 0 Å². The lowest BCUT2D eigenvalue weighted by Gasteiger charge is -2.32. The summed E-state index contributed by atoms with van der Waals surface area (Å²) >= 11 is 1.57. The number of benzene rings is 1. The number of piperidine rings is 1. The van der Waals surface area contributed by atoms with Gasteiger partial charge in [-0.1, -0.05) is 17.8 Å². The number of aryl methyl sites for hydroxylation is 1. The molecule has 1 saturated heterocycles. The predicted octanol–water partition coefficient (Wildman–Crippen LogP) is 3.00. The molecule has 2 aromatic heterocycles. The lowest BCUT2D eigenvalue weighted by molar-refractivity contribution is 0.0698. The van der Waals surface area contributed by atoms with Gasteiger partial charge in [-0.3, -0.25) is 14.3 Å². The lowest BCUT2D eigenvalue weighted by atomic mass is 10.0. The number of hydrogen-bond donors (Lipinski definition) is 1. The van der Waals surface area contributed by atoms with Gasteiger partial charge in [0.15, 0.2) is 0 Å². The number of hydrogen-bond acceptors (Lipinski definition) is 5. The summed E-state index contributed by atoms with van der Waals surface area (Å²) in [7, 11) is 1.78. The molecule has 3 aromatic rings. The highest BCUT2D eigenvalue weighted by Gasteiger charge is 2.25. The van der Waals surface area contributed by atoms with Gasteiger partial charge in [0.2, 0.25) is 0 Å². The smallest absolute Gasteiger partial charge is 0.254 e. The zero-order chi connectivity index (χ0) is 20.9. The predicted molar refractivity (Wildman–Crippen MR) is 114 cm³/mol. The summed E-state index contributed by atoms with van der Waals surface area (Å²) < 4.78 is 1.61. The second kappa shape index (κ2) is 9.13. The van der Waals surface area contributed by atoms with Gasteiger partial charge in [0.1, 0.15) is 5.03 Å². The first-order valence-electron chi connectivity index (χ1n) is 9.86. The molecule has 8 heteroatoms. The minimum Gasteiger partial charge on any atom is -0.349 e. The third-order valence-corrected chi connectivity index (χ3v) is 6.00. The zero-order valence-electron chi connectivity index (χ0n) is 16.7. The number of nitrogens with one attached hydrogen (secondary N) is 1. The van der Waals surface area contributed by atoms with Gasteiger partial charge in [-0.15, -0.1) is 0 Å². The number of rotatable bonds is 5. The van der Waals surface area contributed by atoms with E-state index in [1.54, 1.807) is 42.1 Å². The maximum atomic E-state index is 12.8. The quantitative estimate of drug-likeness (QED) is 0.685. The fourth-order valence-corrected chi connectivity index (χ4v) is 4.18. The van der Waals surface area contributed by atoms with Crippen molar-refractivity contribution in [2.75, 3.05) is 13.1 Å². The third-order valence-electron chi connectivity index (χ3n) is 5.05. The second-order valence-corrected chi connectivity index (χ2v) is 8.33. The van der Waals surface area contributed by atoms with Crippen molar-refractivity contribution in [3.05, 3.63) is 72.2 Å². The van der Waals surface area contributed by atoms with Crippen LogP contribution in [0.1, 0.15) is 33.6 Å². The molecule has 1 aromatic carbocycles. The van der Waals surface area contributed by atoms with Gasteiger partial charge >= 0.3 is 0 Å². The Kier molecular flexibility index (Phi) is 6.13. The molecule has 0 saturated carbocycles. The molecular weight excluding hydrogens is 398 g/mol. The van der Waals surface area contributed by atoms with Gasteiger partial charge in [0, 0.05) is 49.0 Å². The zero-order valence-corrected chi connectivity index (χ0v) is 17.5. The molecule has 30 heavy (non-hydrogen) atoms. The normalized spacial score (nSPS) is 14.5. The number of likely N-dealkylation sites (tertiary alicyclic amines) is 1. The number of nitrogens with zero attached hydrogens (tertiary/aromatic N) is 4. The van der Waals surface area contributed by atoms with E-state index in [1.165, 1.54) is 0 Å². The first-order chi connectivity index (χ1) is 14.6. The summed E-state index contributed by atoms with van der Waals surface area (Å²) in [5, 5.41) is 7.99. The molecule has 1 N–H and O–H groups in total. The van der Waals surface area contributed by atoms with Crippen molar-refractivity contribution < 1.29 is 9.59 Å². The van der Waals surface area contributed by atoms with Crippen LogP contribution in [-0.2, 0) is 7.05 Å². The lowest BCUT2D eigenvalue weighted by Crippen LogP contribution is -2.46. The summed E-state index contributed by atoms with van der Waals surface area (Å²) in [6, 6.07) is 13.5. The summed E-state index contributed by atoms with van der Waals surface area (Å²) in [4.78, 5) is 32.3. The Morgan fingerprint density at radius 1 is 1.07 bits per heavy atom. The van der Waals surface area contributed by atoms with E-state index in [2.05, 4.69) is 15.4 Å². The fourth-order valence-electron chi connectivity index (χ4n) is 3.41. The Hall–Kier alpha value is -3.13. The molecule has 0 unspecified atom stereocenters. The van der Waals surface area contributed by atoms with Crippen molar-refractivity contribution >= 4 is 23.6 Å². The number of carbonyl (C=O) groups is 2. The monoisotopic (exact) mass is 421 g/mol. The highest BCUT2D eigenvalue weighted by atomic mass is 32.2. The largest absolute Gasteiger partial charge is 0.349 e. The van der Waals surface area contributed by atoms with Crippen LogP contribution < -0.4 is 5.32 Å². The molecule has 0 spiro atoms. The van der Waals surface area contributed by atoms with Crippen molar-refractivity contribution in [2.45, 2.75) is 28.8 Å². The van der Waals surface area contributed by atoms with E-state index in [0.29, 0.717) is 24.2 Å². The Balaban J connectivity index is 1.29. The molecular formula is C22H23N5O2S. The molecule has 0 aliphatic carbocycles. The van der Waals surface area contributed by atoms with Crippen LogP contribution >= 0.6 is 11.8 Å². The molecule has 0 atom stereocenters. The Morgan fingerprint density at radius 3 is 2.47 bits per heavy atom. The molecule has 0 bridgehead atoms. The van der Waals surface area contributed by atoms with Gasteiger partial charge in [-0.25, -0.2) is 4.98 Å². The molecule has 2 amide bonds. The Morgan fingerprint density at radius 2 is 1.83 bits per heavy atom. The van der Waals surface area contributed by atoms with E-state index >= 15 is 0 Å². The van der Waals surface area contributed by atoms with E-state index in [-0.39, 0.29) is 17.9 Å². The van der Waals surface area contributed by atoms with E-state index in [0.717, 1.165) is 22.8 Å². The molecule has 1 aliphatic rings. The SMILES string of the molecule is Cn1cc(C(=O)NC2CCN(C(=O)c3ccc(Sc4ccccn4)cc3)CC2)cn1. The molecule has 4 rings (SSSR count). The minimum absolute atomic E-state index is 0.0291. The van der Waals surface area contributed by atoms with Crippen LogP contribution in [-0.4, -0.2) is 50.6 Å². The molecule has 1 fully saturated rings. The van der Waals surface area contributed by atoms with Crippen molar-refractivity contribution in [1.29, 1.82) is 0 Å². The van der Waals surface area contributed by atoms with Crippen LogP contribution in [0.5, 0.6) is 0 Å². The van der Waals surface area contributed by atoms with Gasteiger partial charge in [-0.2, -0.15) is 5.10 Å². The summed E-state index contributed by atoms with van der Waals surface area (Å²) in [5.74, 6) is -0.0877. The highest BCUT2D eigenvalue weighted by molar-refractivity contribution is 7.99. The first-order valence-corrected chi connectivity index (χ1v) is 10.7. The topological polar surface area (TPSA) is 80.1 Å². The van der Waals surface area contributed by atoms with E-state index < -0.39 is 0 Å². The molecule has 1 aliphatic heterocycles. The first kappa shape index (κ1) is 20.2. The van der Waals surface area contributed by atoms with Crippen LogP contribution in [0.2, 0.25) is 0 Å². The number of amides is 2. The van der Waals surface area contributed by atoms with Crippen molar-refractivity contribution in [1.82, 2.24) is 25.0 Å². The molecule has 154 valence electrons. The number of aromatic nitrogens is 3. The molecule has 3 heterocycles. The maximum Gasteiger partial charge on any atom is 0.254 e. The summed E-state index contributed by atoms with van der Waals surface area (Å²) in [6.07, 6.45) is 6.51.